The van der Waals surface area contributed by atoms with Gasteiger partial charge in [0.05, 0.1) is 25.1 Å². The number of aryl methyl sites for hydroxylation is 1. The fourth-order valence-corrected chi connectivity index (χ4v) is 5.22. The first kappa shape index (κ1) is 28.3. The number of ether oxygens (including phenoxy) is 2. The van der Waals surface area contributed by atoms with Crippen LogP contribution < -0.4 is 10.1 Å². The van der Waals surface area contributed by atoms with Crippen molar-refractivity contribution in [3.63, 3.8) is 0 Å². The van der Waals surface area contributed by atoms with Crippen molar-refractivity contribution in [1.82, 2.24) is 5.32 Å². The molecular weight excluding hydrogens is 518 g/mol. The highest BCUT2D eigenvalue weighted by Gasteiger charge is 2.24. The van der Waals surface area contributed by atoms with E-state index in [9.17, 15) is 23.1 Å². The van der Waals surface area contributed by atoms with Crippen LogP contribution in [0, 0.1) is 6.92 Å². The normalized spacial score (nSPS) is 14.2. The number of amides is 1. The number of carbonyl (C=O) groups is 2. The number of benzene rings is 3. The molecule has 0 fully saturated rings. The van der Waals surface area contributed by atoms with E-state index in [2.05, 4.69) is 11.4 Å². The van der Waals surface area contributed by atoms with Gasteiger partial charge in [-0.15, -0.1) is 0 Å². The summed E-state index contributed by atoms with van der Waals surface area (Å²) in [5, 5.41) is 12.1. The van der Waals surface area contributed by atoms with Crippen molar-refractivity contribution >= 4 is 21.7 Å². The van der Waals surface area contributed by atoms with E-state index >= 15 is 0 Å². The van der Waals surface area contributed by atoms with Crippen LogP contribution in [0.4, 0.5) is 0 Å². The first-order valence-corrected chi connectivity index (χ1v) is 14.9. The highest BCUT2D eigenvalue weighted by Crippen LogP contribution is 2.32. The largest absolute Gasteiger partial charge is 0.493 e. The Labute approximate surface area is 228 Å². The lowest BCUT2D eigenvalue weighted by Crippen LogP contribution is -2.42. The Bertz CT molecular complexity index is 1480. The minimum atomic E-state index is -3.39. The molecular formula is C30H33NO7S. The average molecular weight is 552 g/mol. The molecule has 206 valence electrons. The topological polar surface area (TPSA) is 119 Å². The number of carboxylic acids is 1. The number of hydrogen-bond acceptors (Lipinski definition) is 6. The molecule has 39 heavy (non-hydrogen) atoms. The third kappa shape index (κ3) is 7.25. The van der Waals surface area contributed by atoms with Crippen molar-refractivity contribution in [3.8, 4) is 16.9 Å². The van der Waals surface area contributed by atoms with Crippen LogP contribution in [0.5, 0.6) is 5.75 Å². The van der Waals surface area contributed by atoms with Gasteiger partial charge in [0.15, 0.2) is 0 Å². The van der Waals surface area contributed by atoms with Crippen LogP contribution in [0.15, 0.2) is 60.7 Å². The minimum Gasteiger partial charge on any atom is -0.493 e. The number of fused-ring (bicyclic) bond motifs is 1. The first-order valence-electron chi connectivity index (χ1n) is 12.8. The Kier molecular flexibility index (Phi) is 8.72. The molecule has 2 N–H and O–H groups in total. The van der Waals surface area contributed by atoms with E-state index in [1.807, 2.05) is 56.3 Å². The zero-order chi connectivity index (χ0) is 28.2. The van der Waals surface area contributed by atoms with E-state index < -0.39 is 27.8 Å². The zero-order valence-corrected chi connectivity index (χ0v) is 23.1. The van der Waals surface area contributed by atoms with Crippen molar-refractivity contribution in [3.05, 3.63) is 88.5 Å². The number of sulfone groups is 1. The lowest BCUT2D eigenvalue weighted by molar-refractivity contribution is -0.139. The third-order valence-electron chi connectivity index (χ3n) is 6.83. The van der Waals surface area contributed by atoms with Crippen molar-refractivity contribution < 1.29 is 32.6 Å². The van der Waals surface area contributed by atoms with Gasteiger partial charge in [-0.3, -0.25) is 4.79 Å². The van der Waals surface area contributed by atoms with E-state index in [0.717, 1.165) is 40.7 Å². The predicted molar refractivity (Wildman–Crippen MR) is 149 cm³/mol. The van der Waals surface area contributed by atoms with Gasteiger partial charge in [-0.2, -0.15) is 0 Å². The van der Waals surface area contributed by atoms with Crippen molar-refractivity contribution in [2.24, 2.45) is 0 Å². The Morgan fingerprint density at radius 3 is 2.56 bits per heavy atom. The van der Waals surface area contributed by atoms with Crippen molar-refractivity contribution in [2.75, 3.05) is 18.6 Å². The fourth-order valence-electron chi connectivity index (χ4n) is 4.56. The summed E-state index contributed by atoms with van der Waals surface area (Å²) >= 11 is 0. The molecule has 0 radical (unpaired) electrons. The molecule has 0 aliphatic carbocycles. The van der Waals surface area contributed by atoms with Crippen LogP contribution >= 0.6 is 0 Å². The summed E-state index contributed by atoms with van der Waals surface area (Å²) in [7, 11) is -3.39. The van der Waals surface area contributed by atoms with Crippen molar-refractivity contribution in [2.45, 2.75) is 45.4 Å². The fraction of sp³-hybridized carbons (Fsp3) is 0.333. The van der Waals surface area contributed by atoms with Gasteiger partial charge in [-0.1, -0.05) is 42.5 Å². The van der Waals surface area contributed by atoms with Gasteiger partial charge in [0, 0.05) is 18.2 Å². The summed E-state index contributed by atoms with van der Waals surface area (Å²) in [6.45, 7) is 4.90. The number of carbonyl (C=O) groups excluding carboxylic acids is 1. The van der Waals surface area contributed by atoms with E-state index in [1.54, 1.807) is 12.1 Å². The molecule has 0 aromatic heterocycles. The smallest absolute Gasteiger partial charge is 0.326 e. The monoisotopic (exact) mass is 551 g/mol. The van der Waals surface area contributed by atoms with Gasteiger partial charge in [0.25, 0.3) is 5.91 Å². The average Bonchev–Trinajstić information content (AvgIpc) is 3.37. The van der Waals surface area contributed by atoms with Crippen LogP contribution in [-0.2, 0) is 32.4 Å². The molecule has 0 saturated heterocycles. The Hall–Kier alpha value is -3.69. The second kappa shape index (κ2) is 12.0. The second-order valence-corrected chi connectivity index (χ2v) is 12.2. The number of hydrogen-bond donors (Lipinski definition) is 2. The molecule has 0 spiro atoms. The summed E-state index contributed by atoms with van der Waals surface area (Å²) in [5.74, 6) is -1.33. The molecule has 2 unspecified atom stereocenters. The highest BCUT2D eigenvalue weighted by molar-refractivity contribution is 7.90. The van der Waals surface area contributed by atoms with Gasteiger partial charge in [-0.05, 0) is 71.8 Å². The molecule has 8 nitrogen and oxygen atoms in total. The third-order valence-corrected chi connectivity index (χ3v) is 7.81. The molecule has 1 amide bonds. The number of nitrogens with one attached hydrogen (secondary N) is 1. The number of rotatable bonds is 11. The Morgan fingerprint density at radius 1 is 1.08 bits per heavy atom. The summed E-state index contributed by atoms with van der Waals surface area (Å²) in [6, 6.07) is 17.7. The second-order valence-electron chi connectivity index (χ2n) is 9.90. The van der Waals surface area contributed by atoms with Gasteiger partial charge >= 0.3 is 5.97 Å². The summed E-state index contributed by atoms with van der Waals surface area (Å²) < 4.78 is 35.0. The van der Waals surface area contributed by atoms with Crippen LogP contribution in [-0.4, -0.2) is 50.1 Å². The van der Waals surface area contributed by atoms with Gasteiger partial charge in [0.1, 0.15) is 21.6 Å². The Balaban J connectivity index is 1.57. The summed E-state index contributed by atoms with van der Waals surface area (Å²) in [4.78, 5) is 25.0. The van der Waals surface area contributed by atoms with E-state index in [0.29, 0.717) is 24.3 Å². The molecule has 1 heterocycles. The van der Waals surface area contributed by atoms with Crippen molar-refractivity contribution in [1.29, 1.82) is 0 Å². The maximum atomic E-state index is 13.3. The van der Waals surface area contributed by atoms with Gasteiger partial charge < -0.3 is 19.9 Å². The van der Waals surface area contributed by atoms with E-state index in [-0.39, 0.29) is 18.3 Å². The molecule has 3 aromatic rings. The Morgan fingerprint density at radius 2 is 1.85 bits per heavy atom. The molecule has 3 aromatic carbocycles. The summed E-state index contributed by atoms with van der Waals surface area (Å²) in [6.07, 6.45) is 1.54. The van der Waals surface area contributed by atoms with E-state index in [4.69, 9.17) is 9.47 Å². The predicted octanol–water partition coefficient (Wildman–Crippen LogP) is 4.49. The van der Waals surface area contributed by atoms with Crippen LogP contribution in [0.25, 0.3) is 11.1 Å². The molecule has 0 bridgehead atoms. The molecule has 4 rings (SSSR count). The van der Waals surface area contributed by atoms with Crippen LogP contribution in [0.3, 0.4) is 0 Å². The molecule has 2 atom stereocenters. The number of aliphatic carboxylic acids is 1. The number of carboxylic acid groups (broad SMARTS) is 1. The van der Waals surface area contributed by atoms with Crippen LogP contribution in [0.1, 0.15) is 52.1 Å². The maximum absolute atomic E-state index is 13.3. The molecule has 1 aliphatic heterocycles. The minimum absolute atomic E-state index is 0.185. The maximum Gasteiger partial charge on any atom is 0.326 e. The summed E-state index contributed by atoms with van der Waals surface area (Å²) in [5.41, 5.74) is 5.77. The first-order chi connectivity index (χ1) is 18.5. The molecule has 1 aliphatic rings. The van der Waals surface area contributed by atoms with E-state index in [1.165, 1.54) is 5.56 Å². The lowest BCUT2D eigenvalue weighted by Gasteiger charge is -2.19. The SMILES string of the molecule is Cc1ccccc1-c1cc(COC(C)c2ccc3c(c2)OCC3)ccc1C(=O)NC(CCS(C)(=O)=O)C(=O)O. The van der Waals surface area contributed by atoms with Gasteiger partial charge in [-0.25, -0.2) is 13.2 Å². The zero-order valence-electron chi connectivity index (χ0n) is 22.3. The van der Waals surface area contributed by atoms with Crippen LogP contribution in [0.2, 0.25) is 0 Å². The molecule has 9 heteroatoms. The lowest BCUT2D eigenvalue weighted by atomic mass is 9.93. The van der Waals surface area contributed by atoms with Gasteiger partial charge in [0.2, 0.25) is 0 Å². The quantitative estimate of drug-likeness (QED) is 0.360. The standard InChI is InChI=1S/C30H33NO7S/c1-19-6-4-5-7-24(19)26-16-21(18-38-20(2)23-10-9-22-12-14-37-28(22)17-23)8-11-25(26)29(32)31-27(30(33)34)13-15-39(3,35)36/h4-11,16-17,20,27H,12-15,18H2,1-3H3,(H,31,32)(H,33,34). The molecule has 0 saturated carbocycles. The highest BCUT2D eigenvalue weighted by atomic mass is 32.2.